The van der Waals surface area contributed by atoms with Gasteiger partial charge in [0.2, 0.25) is 5.28 Å². The minimum absolute atomic E-state index is 0.344. The Balaban J connectivity index is 3.06. The highest BCUT2D eigenvalue weighted by atomic mass is 35.5. The minimum atomic E-state index is 0.344. The van der Waals surface area contributed by atoms with Gasteiger partial charge in [0.1, 0.15) is 0 Å². The van der Waals surface area contributed by atoms with Gasteiger partial charge in [-0.3, -0.25) is 0 Å². The fraction of sp³-hybridized carbons (Fsp3) is 0.429. The lowest BCUT2D eigenvalue weighted by Gasteiger charge is -1.96. The van der Waals surface area contributed by atoms with Crippen LogP contribution in [0.2, 0.25) is 5.28 Å². The van der Waals surface area contributed by atoms with E-state index in [1.807, 2.05) is 19.9 Å². The summed E-state index contributed by atoms with van der Waals surface area (Å²) in [5.41, 5.74) is 1.93. The lowest BCUT2D eigenvalue weighted by molar-refractivity contribution is 0.976. The molecule has 0 aromatic carbocycles. The van der Waals surface area contributed by atoms with E-state index in [4.69, 9.17) is 11.6 Å². The zero-order chi connectivity index (χ0) is 7.56. The summed E-state index contributed by atoms with van der Waals surface area (Å²) in [5.74, 6) is 0. The van der Waals surface area contributed by atoms with E-state index in [2.05, 4.69) is 9.97 Å². The van der Waals surface area contributed by atoms with Crippen molar-refractivity contribution in [1.29, 1.82) is 0 Å². The summed E-state index contributed by atoms with van der Waals surface area (Å²) in [5, 5.41) is 0.344. The number of hydrogen-bond donors (Lipinski definition) is 0. The molecule has 0 spiro atoms. The molecular weight excluding hydrogens is 148 g/mol. The SMILES string of the molecule is CCc1cc(C)nc(Cl)n1. The molecule has 10 heavy (non-hydrogen) atoms. The van der Waals surface area contributed by atoms with E-state index in [0.29, 0.717) is 5.28 Å². The van der Waals surface area contributed by atoms with Crippen molar-refractivity contribution in [2.75, 3.05) is 0 Å². The molecule has 1 heterocycles. The van der Waals surface area contributed by atoms with Gasteiger partial charge in [0, 0.05) is 11.4 Å². The molecular formula is C7H9ClN2. The molecule has 3 heteroatoms. The third kappa shape index (κ3) is 1.67. The second-order valence-corrected chi connectivity index (χ2v) is 2.46. The van der Waals surface area contributed by atoms with E-state index >= 15 is 0 Å². The van der Waals surface area contributed by atoms with Crippen molar-refractivity contribution in [1.82, 2.24) is 9.97 Å². The number of aromatic nitrogens is 2. The van der Waals surface area contributed by atoms with E-state index in [0.717, 1.165) is 17.8 Å². The van der Waals surface area contributed by atoms with Gasteiger partial charge < -0.3 is 0 Å². The molecule has 0 radical (unpaired) electrons. The summed E-state index contributed by atoms with van der Waals surface area (Å²) in [6.45, 7) is 3.95. The molecule has 54 valence electrons. The van der Waals surface area contributed by atoms with E-state index in [1.54, 1.807) is 0 Å². The molecule has 0 fully saturated rings. The van der Waals surface area contributed by atoms with Gasteiger partial charge in [-0.05, 0) is 31.0 Å². The zero-order valence-electron chi connectivity index (χ0n) is 6.06. The van der Waals surface area contributed by atoms with Crippen LogP contribution < -0.4 is 0 Å². The predicted octanol–water partition coefficient (Wildman–Crippen LogP) is 2.00. The minimum Gasteiger partial charge on any atom is -0.223 e. The molecule has 0 aliphatic rings. The molecule has 0 bridgehead atoms. The van der Waals surface area contributed by atoms with Crippen LogP contribution in [0.1, 0.15) is 18.3 Å². The lowest BCUT2D eigenvalue weighted by atomic mass is 10.3. The first-order chi connectivity index (χ1) is 4.72. The van der Waals surface area contributed by atoms with Crippen molar-refractivity contribution < 1.29 is 0 Å². The van der Waals surface area contributed by atoms with Crippen LogP contribution in [0.3, 0.4) is 0 Å². The number of halogens is 1. The van der Waals surface area contributed by atoms with Crippen LogP contribution in [0.25, 0.3) is 0 Å². The van der Waals surface area contributed by atoms with Crippen LogP contribution in [0, 0.1) is 6.92 Å². The van der Waals surface area contributed by atoms with Gasteiger partial charge in [-0.15, -0.1) is 0 Å². The summed E-state index contributed by atoms with van der Waals surface area (Å²) in [6.07, 6.45) is 0.906. The summed E-state index contributed by atoms with van der Waals surface area (Å²) in [7, 11) is 0. The number of hydrogen-bond acceptors (Lipinski definition) is 2. The van der Waals surface area contributed by atoms with Crippen LogP contribution in [-0.4, -0.2) is 9.97 Å². The Labute approximate surface area is 65.3 Å². The maximum atomic E-state index is 5.61. The molecule has 2 nitrogen and oxygen atoms in total. The first-order valence-corrected chi connectivity index (χ1v) is 3.60. The monoisotopic (exact) mass is 156 g/mol. The van der Waals surface area contributed by atoms with Crippen LogP contribution in [-0.2, 0) is 6.42 Å². The number of nitrogens with zero attached hydrogens (tertiary/aromatic N) is 2. The third-order valence-electron chi connectivity index (χ3n) is 1.24. The second kappa shape index (κ2) is 2.97. The van der Waals surface area contributed by atoms with Gasteiger partial charge in [0.05, 0.1) is 0 Å². The quantitative estimate of drug-likeness (QED) is 0.582. The average Bonchev–Trinajstić information content (AvgIpc) is 1.85. The lowest BCUT2D eigenvalue weighted by Crippen LogP contribution is -1.92. The first-order valence-electron chi connectivity index (χ1n) is 3.22. The molecule has 0 aliphatic heterocycles. The Bertz CT molecular complexity index is 215. The molecule has 1 aromatic heterocycles. The molecule has 0 atom stereocenters. The summed E-state index contributed by atoms with van der Waals surface area (Å²) < 4.78 is 0. The fourth-order valence-electron chi connectivity index (χ4n) is 0.776. The molecule has 0 N–H and O–H groups in total. The van der Waals surface area contributed by atoms with Gasteiger partial charge in [-0.25, -0.2) is 9.97 Å². The Kier molecular flexibility index (Phi) is 2.22. The highest BCUT2D eigenvalue weighted by molar-refractivity contribution is 6.28. The van der Waals surface area contributed by atoms with E-state index in [1.165, 1.54) is 0 Å². The van der Waals surface area contributed by atoms with E-state index in [-0.39, 0.29) is 0 Å². The van der Waals surface area contributed by atoms with Crippen LogP contribution >= 0.6 is 11.6 Å². The average molecular weight is 157 g/mol. The van der Waals surface area contributed by atoms with Gasteiger partial charge >= 0.3 is 0 Å². The van der Waals surface area contributed by atoms with Crippen molar-refractivity contribution in [3.63, 3.8) is 0 Å². The highest BCUT2D eigenvalue weighted by Crippen LogP contribution is 2.04. The Morgan fingerprint density at radius 2 is 2.20 bits per heavy atom. The Morgan fingerprint density at radius 1 is 1.50 bits per heavy atom. The summed E-state index contributed by atoms with van der Waals surface area (Å²) in [6, 6.07) is 1.94. The standard InChI is InChI=1S/C7H9ClN2/c1-3-6-4-5(2)9-7(8)10-6/h4H,3H2,1-2H3. The largest absolute Gasteiger partial charge is 0.223 e. The van der Waals surface area contributed by atoms with Crippen LogP contribution in [0.5, 0.6) is 0 Å². The van der Waals surface area contributed by atoms with Crippen LogP contribution in [0.4, 0.5) is 0 Å². The number of rotatable bonds is 1. The van der Waals surface area contributed by atoms with Gasteiger partial charge in [0.25, 0.3) is 0 Å². The van der Waals surface area contributed by atoms with Crippen molar-refractivity contribution >= 4 is 11.6 Å². The Hall–Kier alpha value is -0.630. The van der Waals surface area contributed by atoms with E-state index in [9.17, 15) is 0 Å². The number of aryl methyl sites for hydroxylation is 2. The second-order valence-electron chi connectivity index (χ2n) is 2.12. The van der Waals surface area contributed by atoms with Gasteiger partial charge in [-0.1, -0.05) is 6.92 Å². The third-order valence-corrected chi connectivity index (χ3v) is 1.41. The summed E-state index contributed by atoms with van der Waals surface area (Å²) in [4.78, 5) is 7.94. The molecule has 1 aromatic rings. The maximum absolute atomic E-state index is 5.61. The normalized spacial score (nSPS) is 9.90. The maximum Gasteiger partial charge on any atom is 0.222 e. The van der Waals surface area contributed by atoms with Crippen molar-refractivity contribution in [2.24, 2.45) is 0 Å². The van der Waals surface area contributed by atoms with Gasteiger partial charge in [0.15, 0.2) is 0 Å². The van der Waals surface area contributed by atoms with Crippen LogP contribution in [0.15, 0.2) is 6.07 Å². The highest BCUT2D eigenvalue weighted by Gasteiger charge is 1.95. The molecule has 0 amide bonds. The van der Waals surface area contributed by atoms with Crippen molar-refractivity contribution in [3.8, 4) is 0 Å². The topological polar surface area (TPSA) is 25.8 Å². The van der Waals surface area contributed by atoms with E-state index < -0.39 is 0 Å². The summed E-state index contributed by atoms with van der Waals surface area (Å²) >= 11 is 5.61. The molecule has 0 saturated heterocycles. The van der Waals surface area contributed by atoms with Crippen molar-refractivity contribution in [3.05, 3.63) is 22.7 Å². The smallest absolute Gasteiger partial charge is 0.222 e. The predicted molar refractivity (Wildman–Crippen MR) is 41.2 cm³/mol. The molecule has 0 unspecified atom stereocenters. The van der Waals surface area contributed by atoms with Gasteiger partial charge in [-0.2, -0.15) is 0 Å². The van der Waals surface area contributed by atoms with Crippen molar-refractivity contribution in [2.45, 2.75) is 20.3 Å². The first kappa shape index (κ1) is 7.48. The molecule has 0 saturated carbocycles. The fourth-order valence-corrected chi connectivity index (χ4v) is 1.02. The zero-order valence-corrected chi connectivity index (χ0v) is 6.81. The Morgan fingerprint density at radius 3 is 2.70 bits per heavy atom. The molecule has 1 rings (SSSR count). The molecule has 0 aliphatic carbocycles.